The van der Waals surface area contributed by atoms with Crippen LogP contribution in [0.4, 0.5) is 0 Å². The molecule has 112 valence electrons. The monoisotopic (exact) mass is 276 g/mol. The minimum absolute atomic E-state index is 0.301. The zero-order valence-electron chi connectivity index (χ0n) is 12.6. The number of benzene rings is 1. The van der Waals surface area contributed by atoms with E-state index in [0.29, 0.717) is 18.7 Å². The van der Waals surface area contributed by atoms with Crippen molar-refractivity contribution < 1.29 is 5.11 Å². The van der Waals surface area contributed by atoms with Crippen LogP contribution in [-0.2, 0) is 0 Å². The highest BCUT2D eigenvalue weighted by Gasteiger charge is 2.21. The summed E-state index contributed by atoms with van der Waals surface area (Å²) in [6, 6.07) is 11.4. The molecule has 0 aliphatic carbocycles. The average molecular weight is 276 g/mol. The Kier molecular flexibility index (Phi) is 6.51. The Balaban J connectivity index is 1.91. The topological polar surface area (TPSA) is 35.5 Å². The van der Waals surface area contributed by atoms with Crippen molar-refractivity contribution in [3.8, 4) is 0 Å². The molecule has 0 bridgehead atoms. The van der Waals surface area contributed by atoms with Crippen LogP contribution in [0.3, 0.4) is 0 Å². The maximum absolute atomic E-state index is 9.57. The Morgan fingerprint density at radius 3 is 2.75 bits per heavy atom. The van der Waals surface area contributed by atoms with Gasteiger partial charge >= 0.3 is 0 Å². The fraction of sp³-hybridized carbons (Fsp3) is 0.647. The van der Waals surface area contributed by atoms with Crippen molar-refractivity contribution in [2.24, 2.45) is 0 Å². The quantitative estimate of drug-likeness (QED) is 0.838. The van der Waals surface area contributed by atoms with Crippen LogP contribution >= 0.6 is 0 Å². The summed E-state index contributed by atoms with van der Waals surface area (Å²) in [6.07, 6.45) is 6.08. The van der Waals surface area contributed by atoms with Gasteiger partial charge in [0.05, 0.1) is 6.61 Å². The molecule has 1 fully saturated rings. The SMILES string of the molecule is CNC(CCN1CCCCCC1CO)c1ccccc1. The molecule has 0 radical (unpaired) electrons. The lowest BCUT2D eigenvalue weighted by atomic mass is 10.0. The van der Waals surface area contributed by atoms with Crippen molar-refractivity contribution in [1.82, 2.24) is 10.2 Å². The fourth-order valence-corrected chi connectivity index (χ4v) is 3.20. The van der Waals surface area contributed by atoms with Crippen LogP contribution in [0.2, 0.25) is 0 Å². The predicted molar refractivity (Wildman–Crippen MR) is 83.8 cm³/mol. The third kappa shape index (κ3) is 4.30. The first-order valence-corrected chi connectivity index (χ1v) is 7.92. The highest BCUT2D eigenvalue weighted by atomic mass is 16.3. The molecule has 0 saturated carbocycles. The lowest BCUT2D eigenvalue weighted by Crippen LogP contribution is -2.39. The number of aliphatic hydroxyl groups excluding tert-OH is 1. The lowest BCUT2D eigenvalue weighted by molar-refractivity contribution is 0.120. The first-order chi connectivity index (χ1) is 9.85. The van der Waals surface area contributed by atoms with Gasteiger partial charge in [-0.15, -0.1) is 0 Å². The van der Waals surface area contributed by atoms with Crippen LogP contribution in [0.5, 0.6) is 0 Å². The lowest BCUT2D eigenvalue weighted by Gasteiger charge is -2.30. The number of likely N-dealkylation sites (tertiary alicyclic amines) is 1. The third-order valence-corrected chi connectivity index (χ3v) is 4.47. The van der Waals surface area contributed by atoms with Gasteiger partial charge in [0.1, 0.15) is 0 Å². The van der Waals surface area contributed by atoms with Crippen molar-refractivity contribution in [2.75, 3.05) is 26.7 Å². The molecule has 3 nitrogen and oxygen atoms in total. The van der Waals surface area contributed by atoms with Crippen molar-refractivity contribution in [2.45, 2.75) is 44.2 Å². The van der Waals surface area contributed by atoms with E-state index in [-0.39, 0.29) is 0 Å². The van der Waals surface area contributed by atoms with Gasteiger partial charge in [-0.25, -0.2) is 0 Å². The van der Waals surface area contributed by atoms with Crippen LogP contribution in [-0.4, -0.2) is 42.8 Å². The Morgan fingerprint density at radius 1 is 1.25 bits per heavy atom. The van der Waals surface area contributed by atoms with E-state index in [1.165, 1.54) is 24.8 Å². The van der Waals surface area contributed by atoms with E-state index in [1.54, 1.807) is 0 Å². The van der Waals surface area contributed by atoms with Gasteiger partial charge < -0.3 is 10.4 Å². The van der Waals surface area contributed by atoms with Crippen molar-refractivity contribution in [3.63, 3.8) is 0 Å². The molecule has 0 aromatic heterocycles. The van der Waals surface area contributed by atoms with Crippen LogP contribution in [0.25, 0.3) is 0 Å². The van der Waals surface area contributed by atoms with E-state index in [1.807, 2.05) is 7.05 Å². The summed E-state index contributed by atoms with van der Waals surface area (Å²) in [6.45, 7) is 2.50. The van der Waals surface area contributed by atoms with Gasteiger partial charge in [0.15, 0.2) is 0 Å². The molecule has 2 unspecified atom stereocenters. The Labute approximate surface area is 123 Å². The molecule has 2 atom stereocenters. The Morgan fingerprint density at radius 2 is 2.05 bits per heavy atom. The highest BCUT2D eigenvalue weighted by molar-refractivity contribution is 5.18. The second-order valence-electron chi connectivity index (χ2n) is 5.76. The van der Waals surface area contributed by atoms with E-state index in [4.69, 9.17) is 0 Å². The molecule has 1 aliphatic rings. The summed E-state index contributed by atoms with van der Waals surface area (Å²) in [7, 11) is 2.03. The average Bonchev–Trinajstić information content (AvgIpc) is 2.74. The molecule has 1 heterocycles. The molecule has 20 heavy (non-hydrogen) atoms. The van der Waals surface area contributed by atoms with Gasteiger partial charge in [-0.05, 0) is 38.4 Å². The van der Waals surface area contributed by atoms with Crippen molar-refractivity contribution >= 4 is 0 Å². The maximum Gasteiger partial charge on any atom is 0.0586 e. The van der Waals surface area contributed by atoms with Crippen molar-refractivity contribution in [3.05, 3.63) is 35.9 Å². The Hall–Kier alpha value is -0.900. The minimum Gasteiger partial charge on any atom is -0.395 e. The van der Waals surface area contributed by atoms with Gasteiger partial charge in [0, 0.05) is 18.6 Å². The number of aliphatic hydroxyl groups is 1. The molecule has 2 N–H and O–H groups in total. The molecular formula is C17H28N2O. The zero-order chi connectivity index (χ0) is 14.2. The first kappa shape index (κ1) is 15.5. The molecule has 0 amide bonds. The van der Waals surface area contributed by atoms with Crippen LogP contribution in [0.1, 0.15) is 43.7 Å². The minimum atomic E-state index is 0.301. The summed E-state index contributed by atoms with van der Waals surface area (Å²) in [4.78, 5) is 2.49. The van der Waals surface area contributed by atoms with Crippen LogP contribution < -0.4 is 5.32 Å². The standard InChI is InChI=1S/C17H28N2O/c1-18-17(15-8-4-2-5-9-15)11-13-19-12-7-3-6-10-16(19)14-20/h2,4-5,8-9,16-18,20H,3,6-7,10-14H2,1H3. The fourth-order valence-electron chi connectivity index (χ4n) is 3.20. The summed E-state index contributed by atoms with van der Waals surface area (Å²) in [5.41, 5.74) is 1.35. The van der Waals surface area contributed by atoms with Gasteiger partial charge in [-0.3, -0.25) is 4.90 Å². The normalized spacial score (nSPS) is 22.4. The largest absolute Gasteiger partial charge is 0.395 e. The van der Waals surface area contributed by atoms with Crippen LogP contribution in [0.15, 0.2) is 30.3 Å². The molecule has 1 saturated heterocycles. The zero-order valence-corrected chi connectivity index (χ0v) is 12.6. The molecule has 1 aromatic carbocycles. The number of hydrogen-bond acceptors (Lipinski definition) is 3. The highest BCUT2D eigenvalue weighted by Crippen LogP contribution is 2.20. The molecule has 2 rings (SSSR count). The molecule has 1 aromatic rings. The number of nitrogens with zero attached hydrogens (tertiary/aromatic N) is 1. The van der Waals surface area contributed by atoms with Crippen LogP contribution in [0, 0.1) is 0 Å². The molecule has 1 aliphatic heterocycles. The maximum atomic E-state index is 9.57. The number of hydrogen-bond donors (Lipinski definition) is 2. The summed E-state index contributed by atoms with van der Waals surface area (Å²) in [5, 5.41) is 13.0. The molecular weight excluding hydrogens is 248 g/mol. The summed E-state index contributed by atoms with van der Waals surface area (Å²) in [5.74, 6) is 0. The number of rotatable bonds is 6. The molecule has 3 heteroatoms. The van der Waals surface area contributed by atoms with E-state index in [0.717, 1.165) is 25.9 Å². The predicted octanol–water partition coefficient (Wildman–Crippen LogP) is 2.57. The third-order valence-electron chi connectivity index (χ3n) is 4.47. The second kappa shape index (κ2) is 8.40. The van der Waals surface area contributed by atoms with Gasteiger partial charge in [-0.1, -0.05) is 43.2 Å². The van der Waals surface area contributed by atoms with Crippen molar-refractivity contribution in [1.29, 1.82) is 0 Å². The van der Waals surface area contributed by atoms with E-state index in [9.17, 15) is 5.11 Å². The van der Waals surface area contributed by atoms with Gasteiger partial charge in [0.2, 0.25) is 0 Å². The van der Waals surface area contributed by atoms with Gasteiger partial charge in [0.25, 0.3) is 0 Å². The smallest absolute Gasteiger partial charge is 0.0586 e. The van der Waals surface area contributed by atoms with E-state index >= 15 is 0 Å². The van der Waals surface area contributed by atoms with Gasteiger partial charge in [-0.2, -0.15) is 0 Å². The molecule has 0 spiro atoms. The number of nitrogens with one attached hydrogen (secondary N) is 1. The van der Waals surface area contributed by atoms with E-state index < -0.39 is 0 Å². The summed E-state index contributed by atoms with van der Waals surface area (Å²) >= 11 is 0. The first-order valence-electron chi connectivity index (χ1n) is 7.92. The second-order valence-corrected chi connectivity index (χ2v) is 5.76. The Bertz CT molecular complexity index is 369. The van der Waals surface area contributed by atoms with E-state index in [2.05, 4.69) is 40.5 Å². The summed E-state index contributed by atoms with van der Waals surface area (Å²) < 4.78 is 0.